The van der Waals surface area contributed by atoms with Gasteiger partial charge >= 0.3 is 0 Å². The molecule has 6 nitrogen and oxygen atoms in total. The van der Waals surface area contributed by atoms with Crippen molar-refractivity contribution in [3.63, 3.8) is 0 Å². The first-order chi connectivity index (χ1) is 39.0. The molecule has 0 fully saturated rings. The molecular formula is C73H68N6. The molecule has 13 aromatic rings. The molecule has 0 amide bonds. The van der Waals surface area contributed by atoms with Crippen LogP contribution in [-0.4, -0.2) is 28.7 Å². The lowest BCUT2D eigenvalue weighted by atomic mass is 9.89. The fraction of sp³-hybridized carbons (Fsp3) is 0.219. The van der Waals surface area contributed by atoms with E-state index >= 15 is 0 Å². The van der Waals surface area contributed by atoms with E-state index < -0.39 is 0 Å². The van der Waals surface area contributed by atoms with E-state index in [0.29, 0.717) is 29.3 Å². The van der Waals surface area contributed by atoms with Crippen molar-refractivity contribution >= 4 is 65.4 Å². The van der Waals surface area contributed by atoms with E-state index in [9.17, 15) is 0 Å². The Bertz CT molecular complexity index is 3960. The van der Waals surface area contributed by atoms with Crippen LogP contribution in [0.15, 0.2) is 206 Å². The van der Waals surface area contributed by atoms with Crippen LogP contribution in [0.3, 0.4) is 0 Å². The van der Waals surface area contributed by atoms with Crippen molar-refractivity contribution in [2.24, 2.45) is 0 Å². The molecule has 0 radical (unpaired) electrons. The maximum absolute atomic E-state index is 5.46. The maximum atomic E-state index is 5.46. The maximum Gasteiger partial charge on any atom is 0.164 e. The minimum atomic E-state index is 0.484. The molecule has 0 aliphatic heterocycles. The molecule has 13 rings (SSSR count). The zero-order valence-electron chi connectivity index (χ0n) is 46.0. The Kier molecular flexibility index (Phi) is 13.7. The highest BCUT2D eigenvalue weighted by Crippen LogP contribution is 2.46. The first kappa shape index (κ1) is 49.9. The van der Waals surface area contributed by atoms with Crippen LogP contribution in [0, 0.1) is 0 Å². The van der Waals surface area contributed by atoms with E-state index in [0.717, 1.165) is 68.7 Å². The fourth-order valence-electron chi connectivity index (χ4n) is 12.9. The second kappa shape index (κ2) is 21.7. The van der Waals surface area contributed by atoms with E-state index in [1.54, 1.807) is 0 Å². The van der Waals surface area contributed by atoms with Crippen LogP contribution in [0.25, 0.3) is 117 Å². The molecule has 0 saturated heterocycles. The van der Waals surface area contributed by atoms with Crippen LogP contribution in [0.1, 0.15) is 115 Å². The first-order valence-corrected chi connectivity index (χ1v) is 29.2. The highest BCUT2D eigenvalue weighted by molar-refractivity contribution is 6.14. The highest BCUT2D eigenvalue weighted by atomic mass is 15.1. The average Bonchev–Trinajstić information content (AvgIpc) is 3.62. The van der Waals surface area contributed by atoms with Gasteiger partial charge in [0.2, 0.25) is 0 Å². The zero-order chi connectivity index (χ0) is 53.4. The SMILES string of the molecule is CCCCCC(CC)c1ccc2c(c1)c1cc(C(CC)CCCCC)ccc1n2-c1c(-n2c3ccccc3c3ccccc32)cc(-c2nc(-c3ccccc3)nc(-c3ccccc3)n2)cc1-n1c2ccccc2c2ccccc21. The van der Waals surface area contributed by atoms with Gasteiger partial charge in [0, 0.05) is 49.0 Å². The second-order valence-corrected chi connectivity index (χ2v) is 21.7. The summed E-state index contributed by atoms with van der Waals surface area (Å²) in [6.07, 6.45) is 12.1. The molecular weight excluding hydrogens is 961 g/mol. The number of aromatic nitrogens is 6. The number of fused-ring (bicyclic) bond motifs is 9. The summed E-state index contributed by atoms with van der Waals surface area (Å²) in [4.78, 5) is 16.1. The molecule has 4 heterocycles. The van der Waals surface area contributed by atoms with Crippen LogP contribution < -0.4 is 0 Å². The lowest BCUT2D eigenvalue weighted by Gasteiger charge is -2.24. The molecule has 79 heavy (non-hydrogen) atoms. The summed E-state index contributed by atoms with van der Waals surface area (Å²) >= 11 is 0. The molecule has 0 saturated carbocycles. The van der Waals surface area contributed by atoms with Gasteiger partial charge in [-0.25, -0.2) is 15.0 Å². The van der Waals surface area contributed by atoms with Crippen LogP contribution in [0.4, 0.5) is 0 Å². The van der Waals surface area contributed by atoms with Gasteiger partial charge in [0.25, 0.3) is 0 Å². The quantitative estimate of drug-likeness (QED) is 0.0805. The first-order valence-electron chi connectivity index (χ1n) is 29.2. The number of nitrogens with zero attached hydrogens (tertiary/aromatic N) is 6. The van der Waals surface area contributed by atoms with Gasteiger partial charge in [-0.3, -0.25) is 0 Å². The van der Waals surface area contributed by atoms with E-state index in [4.69, 9.17) is 15.0 Å². The smallest absolute Gasteiger partial charge is 0.164 e. The highest BCUT2D eigenvalue weighted by Gasteiger charge is 2.28. The zero-order valence-corrected chi connectivity index (χ0v) is 46.0. The molecule has 0 aliphatic rings. The van der Waals surface area contributed by atoms with Crippen LogP contribution in [0.2, 0.25) is 0 Å². The number of hydrogen-bond acceptors (Lipinski definition) is 3. The number of hydrogen-bond donors (Lipinski definition) is 0. The second-order valence-electron chi connectivity index (χ2n) is 21.7. The lowest BCUT2D eigenvalue weighted by Crippen LogP contribution is -2.11. The Morgan fingerprint density at radius 1 is 0.316 bits per heavy atom. The third-order valence-electron chi connectivity index (χ3n) is 16.9. The molecule has 2 atom stereocenters. The van der Waals surface area contributed by atoms with Crippen molar-refractivity contribution in [3.05, 3.63) is 217 Å². The Morgan fingerprint density at radius 2 is 0.658 bits per heavy atom. The third-order valence-corrected chi connectivity index (χ3v) is 16.9. The van der Waals surface area contributed by atoms with Gasteiger partial charge in [-0.05, 0) is 109 Å². The van der Waals surface area contributed by atoms with Crippen molar-refractivity contribution in [2.75, 3.05) is 0 Å². The van der Waals surface area contributed by atoms with E-state index in [-0.39, 0.29) is 0 Å². The van der Waals surface area contributed by atoms with Gasteiger partial charge in [-0.1, -0.05) is 212 Å². The predicted octanol–water partition coefficient (Wildman–Crippen LogP) is 20.3. The molecule has 6 heteroatoms. The monoisotopic (exact) mass is 1030 g/mol. The number of benzene rings is 9. The third kappa shape index (κ3) is 8.97. The summed E-state index contributed by atoms with van der Waals surface area (Å²) in [6.45, 7) is 9.38. The Balaban J connectivity index is 1.21. The topological polar surface area (TPSA) is 53.5 Å². The standard InChI is InChI=1S/C73H68N6/c1-5-9-13-27-49(7-3)53-41-43-66-60(45-53)61-46-54(50(8-4)28-14-10-6-2)42-44-67(61)79(66)70-68(77-62-37-23-19-33-56(62)57-34-20-24-38-63(57)77)47-55(48-69(70)78-64-39-25-21-35-58(64)59-36-22-26-40-65(59)78)73-75-71(51-29-15-11-16-30-51)74-72(76-73)52-31-17-12-18-32-52/h11-12,15-26,29-50H,5-10,13-14,27-28H2,1-4H3. The minimum Gasteiger partial charge on any atom is -0.307 e. The lowest BCUT2D eigenvalue weighted by molar-refractivity contribution is 0.553. The molecule has 0 spiro atoms. The molecule has 0 N–H and O–H groups in total. The van der Waals surface area contributed by atoms with E-state index in [1.807, 2.05) is 12.1 Å². The Labute approximate surface area is 464 Å². The van der Waals surface area contributed by atoms with Gasteiger partial charge in [0.1, 0.15) is 0 Å². The van der Waals surface area contributed by atoms with Crippen molar-refractivity contribution < 1.29 is 0 Å². The molecule has 9 aromatic carbocycles. The van der Waals surface area contributed by atoms with Gasteiger partial charge in [-0.2, -0.15) is 0 Å². The van der Waals surface area contributed by atoms with Gasteiger partial charge in [-0.15, -0.1) is 0 Å². The molecule has 0 bridgehead atoms. The van der Waals surface area contributed by atoms with E-state index in [2.05, 4.69) is 236 Å². The normalized spacial score (nSPS) is 12.7. The number of rotatable bonds is 18. The van der Waals surface area contributed by atoms with Gasteiger partial charge in [0.15, 0.2) is 17.5 Å². The Morgan fingerprint density at radius 3 is 1.03 bits per heavy atom. The fourth-order valence-corrected chi connectivity index (χ4v) is 12.9. The van der Waals surface area contributed by atoms with Gasteiger partial charge in [0.05, 0.1) is 50.2 Å². The average molecular weight is 1030 g/mol. The minimum absolute atomic E-state index is 0.484. The molecule has 390 valence electrons. The van der Waals surface area contributed by atoms with Crippen LogP contribution >= 0.6 is 0 Å². The Hall–Kier alpha value is -8.61. The van der Waals surface area contributed by atoms with E-state index in [1.165, 1.54) is 106 Å². The van der Waals surface area contributed by atoms with Crippen molar-refractivity contribution in [1.29, 1.82) is 0 Å². The largest absolute Gasteiger partial charge is 0.307 e. The van der Waals surface area contributed by atoms with Crippen molar-refractivity contribution in [1.82, 2.24) is 28.7 Å². The van der Waals surface area contributed by atoms with Crippen molar-refractivity contribution in [3.8, 4) is 51.2 Å². The van der Waals surface area contributed by atoms with Crippen LogP contribution in [0.5, 0.6) is 0 Å². The summed E-state index contributed by atoms with van der Waals surface area (Å²) in [6, 6.07) is 76.0. The summed E-state index contributed by atoms with van der Waals surface area (Å²) in [5.41, 5.74) is 15.6. The summed E-state index contributed by atoms with van der Waals surface area (Å²) in [5, 5.41) is 7.40. The predicted molar refractivity (Wildman–Crippen MR) is 334 cm³/mol. The van der Waals surface area contributed by atoms with Crippen molar-refractivity contribution in [2.45, 2.75) is 104 Å². The summed E-state index contributed by atoms with van der Waals surface area (Å²) in [5.74, 6) is 2.82. The summed E-state index contributed by atoms with van der Waals surface area (Å²) in [7, 11) is 0. The van der Waals surface area contributed by atoms with Gasteiger partial charge < -0.3 is 13.7 Å². The number of para-hydroxylation sites is 4. The van der Waals surface area contributed by atoms with Crippen LogP contribution in [-0.2, 0) is 0 Å². The molecule has 4 aromatic heterocycles. The molecule has 0 aliphatic carbocycles. The molecule has 2 unspecified atom stereocenters. The number of unbranched alkanes of at least 4 members (excludes halogenated alkanes) is 4. The summed E-state index contributed by atoms with van der Waals surface area (Å²) < 4.78 is 7.65.